The van der Waals surface area contributed by atoms with E-state index in [1.807, 2.05) is 4.90 Å². The molecule has 3 aliphatic rings. The van der Waals surface area contributed by atoms with Gasteiger partial charge in [-0.1, -0.05) is 24.3 Å². The van der Waals surface area contributed by atoms with E-state index in [1.54, 1.807) is 6.08 Å². The third-order valence-corrected chi connectivity index (χ3v) is 8.70. The van der Waals surface area contributed by atoms with Crippen LogP contribution in [0.2, 0.25) is 0 Å². The lowest BCUT2D eigenvalue weighted by Gasteiger charge is -2.43. The van der Waals surface area contributed by atoms with E-state index in [9.17, 15) is 18.3 Å². The normalized spacial score (nSPS) is 21.6. The van der Waals surface area contributed by atoms with Crippen LogP contribution in [0, 0.1) is 5.92 Å². The molecule has 0 saturated carbocycles. The summed E-state index contributed by atoms with van der Waals surface area (Å²) in [6, 6.07) is 8.58. The summed E-state index contributed by atoms with van der Waals surface area (Å²) in [6.45, 7) is 3.56. The number of hydrogen-bond acceptors (Lipinski definition) is 3. The van der Waals surface area contributed by atoms with E-state index < -0.39 is 11.7 Å². The summed E-state index contributed by atoms with van der Waals surface area (Å²) < 4.78 is 39.2. The maximum Gasteiger partial charge on any atom is 0.412 e. The number of H-pyrrole nitrogens is 1. The Morgan fingerprint density at radius 3 is 2.54 bits per heavy atom. The smallest absolute Gasteiger partial charge is 0.395 e. The number of hydrogen-bond donors (Lipinski definition) is 3. The largest absolute Gasteiger partial charge is 0.412 e. The van der Waals surface area contributed by atoms with Gasteiger partial charge in [0, 0.05) is 47.5 Å². The topological polar surface area (TPSA) is 54.5 Å². The van der Waals surface area contributed by atoms with Crippen LogP contribution in [-0.4, -0.2) is 70.0 Å². The van der Waals surface area contributed by atoms with Gasteiger partial charge < -0.3 is 20.3 Å². The fraction of sp³-hybridized carbons (Fsp3) is 0.536. The summed E-state index contributed by atoms with van der Waals surface area (Å²) in [7, 11) is 0. The van der Waals surface area contributed by atoms with E-state index in [-0.39, 0.29) is 19.1 Å². The zero-order chi connectivity index (χ0) is 26.0. The van der Waals surface area contributed by atoms with Gasteiger partial charge in [0.1, 0.15) is 0 Å². The van der Waals surface area contributed by atoms with Crippen molar-refractivity contribution < 1.29 is 18.3 Å². The molecule has 0 bridgehead atoms. The molecule has 200 valence electrons. The summed E-state index contributed by atoms with van der Waals surface area (Å²) in [5, 5.41) is 15.1. The Morgan fingerprint density at radius 2 is 1.84 bits per heavy atom. The second kappa shape index (κ2) is 11.2. The van der Waals surface area contributed by atoms with Crippen LogP contribution in [0.25, 0.3) is 10.9 Å². The van der Waals surface area contributed by atoms with Crippen molar-refractivity contribution in [2.75, 3.05) is 32.8 Å². The molecule has 0 radical (unpaired) electrons. The van der Waals surface area contributed by atoms with Gasteiger partial charge in [-0.3, -0.25) is 4.90 Å². The van der Waals surface area contributed by atoms with Gasteiger partial charge in [0.05, 0.1) is 6.61 Å². The van der Waals surface area contributed by atoms with E-state index in [0.29, 0.717) is 29.1 Å². The number of para-hydroxylation sites is 1. The molecule has 9 heteroatoms. The Kier molecular flexibility index (Phi) is 7.93. The van der Waals surface area contributed by atoms with Crippen molar-refractivity contribution >= 4 is 28.2 Å². The summed E-state index contributed by atoms with van der Waals surface area (Å²) in [4.78, 5) is 7.90. The molecule has 1 aromatic carbocycles. The molecule has 1 aliphatic carbocycles. The monoisotopic (exact) mass is 532 g/mol. The number of nitrogens with one attached hydrogen (secondary N) is 2. The highest BCUT2D eigenvalue weighted by Crippen LogP contribution is 2.36. The molecule has 2 fully saturated rings. The second-order valence-electron chi connectivity index (χ2n) is 10.5. The van der Waals surface area contributed by atoms with Crippen LogP contribution < -0.4 is 5.32 Å². The van der Waals surface area contributed by atoms with E-state index >= 15 is 0 Å². The Morgan fingerprint density at radius 1 is 1.11 bits per heavy atom. The van der Waals surface area contributed by atoms with Crippen molar-refractivity contribution in [2.45, 2.75) is 56.7 Å². The van der Waals surface area contributed by atoms with Crippen LogP contribution in [0.3, 0.4) is 0 Å². The number of benzene rings is 1. The minimum atomic E-state index is -4.30. The van der Waals surface area contributed by atoms with Crippen LogP contribution in [0.15, 0.2) is 53.9 Å². The fourth-order valence-corrected chi connectivity index (χ4v) is 6.54. The van der Waals surface area contributed by atoms with Gasteiger partial charge in [0.2, 0.25) is 0 Å². The van der Waals surface area contributed by atoms with Crippen molar-refractivity contribution in [3.63, 3.8) is 0 Å². The molecule has 2 aromatic rings. The lowest BCUT2D eigenvalue weighted by molar-refractivity contribution is -0.0941. The van der Waals surface area contributed by atoms with Crippen molar-refractivity contribution in [3.8, 4) is 0 Å². The lowest BCUT2D eigenvalue weighted by Crippen LogP contribution is -2.51. The first-order valence-electron chi connectivity index (χ1n) is 13.3. The van der Waals surface area contributed by atoms with Crippen LogP contribution in [0.5, 0.6) is 0 Å². The number of aromatic nitrogens is 1. The number of nitrogens with zero attached hydrogens (tertiary/aromatic N) is 2. The standard InChI is InChI=1S/C28H35F3N4OS/c29-28(30,31)21-4-3-5-22(16-21)33-27(37)35-14-10-20(11-15-35)26(18-36)34-12-8-19(9-13-34)24-17-32-25-7-2-1-6-23(24)25/h1-2,5-7,16-17,19-20,26,32,36H,3-4,8-15,18H2,(H,33,37). The van der Waals surface area contributed by atoms with Crippen molar-refractivity contribution in [2.24, 2.45) is 5.92 Å². The number of halogens is 3. The minimum Gasteiger partial charge on any atom is -0.395 e. The Balaban J connectivity index is 1.12. The van der Waals surface area contributed by atoms with Crippen molar-refractivity contribution in [1.82, 2.24) is 20.1 Å². The van der Waals surface area contributed by atoms with Gasteiger partial charge in [-0.05, 0) is 93.4 Å². The molecule has 37 heavy (non-hydrogen) atoms. The molecule has 3 N–H and O–H groups in total. The molecule has 0 amide bonds. The van der Waals surface area contributed by atoms with Crippen molar-refractivity contribution in [3.05, 3.63) is 59.4 Å². The molecular formula is C28H35F3N4OS. The molecule has 2 saturated heterocycles. The minimum absolute atomic E-state index is 0.00835. The number of aromatic amines is 1. The highest BCUT2D eigenvalue weighted by atomic mass is 32.1. The fourth-order valence-electron chi connectivity index (χ4n) is 6.24. The zero-order valence-corrected chi connectivity index (χ0v) is 21.8. The third kappa shape index (κ3) is 5.89. The quantitative estimate of drug-likeness (QED) is 0.447. The number of aliphatic hydroxyl groups is 1. The van der Waals surface area contributed by atoms with Gasteiger partial charge in [0.25, 0.3) is 0 Å². The summed E-state index contributed by atoms with van der Waals surface area (Å²) in [6.07, 6.45) is 5.12. The summed E-state index contributed by atoms with van der Waals surface area (Å²) >= 11 is 5.53. The predicted octanol–water partition coefficient (Wildman–Crippen LogP) is 5.46. The maximum atomic E-state index is 13.1. The molecule has 0 spiro atoms. The van der Waals surface area contributed by atoms with E-state index in [0.717, 1.165) is 51.9 Å². The molecule has 5 nitrogen and oxygen atoms in total. The molecule has 2 aliphatic heterocycles. The number of rotatable bonds is 5. The maximum absolute atomic E-state index is 13.1. The van der Waals surface area contributed by atoms with Gasteiger partial charge in [0.15, 0.2) is 5.11 Å². The molecule has 5 rings (SSSR count). The van der Waals surface area contributed by atoms with Crippen LogP contribution in [0.4, 0.5) is 13.2 Å². The second-order valence-corrected chi connectivity index (χ2v) is 10.9. The molecule has 1 unspecified atom stereocenters. The average molecular weight is 533 g/mol. The Bertz CT molecular complexity index is 1160. The summed E-state index contributed by atoms with van der Waals surface area (Å²) in [5.74, 6) is 0.900. The lowest BCUT2D eigenvalue weighted by atomic mass is 9.85. The van der Waals surface area contributed by atoms with Gasteiger partial charge >= 0.3 is 6.18 Å². The number of fused-ring (bicyclic) bond motifs is 1. The zero-order valence-electron chi connectivity index (χ0n) is 20.9. The number of likely N-dealkylation sites (tertiary alicyclic amines) is 2. The van der Waals surface area contributed by atoms with Crippen LogP contribution in [-0.2, 0) is 0 Å². The SMILES string of the molecule is OCC(C1CCN(C(=S)NC2=CCCC(C(F)(F)F)=C2)CC1)N1CCC(c2c[nH]c3ccccc23)CC1. The van der Waals surface area contributed by atoms with E-state index in [1.165, 1.54) is 22.5 Å². The molecule has 1 atom stereocenters. The molecular weight excluding hydrogens is 497 g/mol. The number of piperidine rings is 2. The number of allylic oxidation sites excluding steroid dienone is 3. The van der Waals surface area contributed by atoms with Crippen LogP contribution in [0.1, 0.15) is 50.0 Å². The highest BCUT2D eigenvalue weighted by molar-refractivity contribution is 7.80. The Labute approximate surface area is 221 Å². The molecule has 3 heterocycles. The first kappa shape index (κ1) is 26.3. The predicted molar refractivity (Wildman–Crippen MR) is 144 cm³/mol. The number of alkyl halides is 3. The summed E-state index contributed by atoms with van der Waals surface area (Å²) in [5.41, 5.74) is 2.49. The van der Waals surface area contributed by atoms with Gasteiger partial charge in [-0.15, -0.1) is 0 Å². The van der Waals surface area contributed by atoms with Crippen LogP contribution >= 0.6 is 12.2 Å². The van der Waals surface area contributed by atoms with Gasteiger partial charge in [-0.25, -0.2) is 0 Å². The first-order valence-corrected chi connectivity index (χ1v) is 13.7. The van der Waals surface area contributed by atoms with E-state index in [2.05, 4.69) is 45.7 Å². The Hall–Kier alpha value is -2.36. The highest BCUT2D eigenvalue weighted by Gasteiger charge is 2.35. The molecule has 1 aromatic heterocycles. The number of thiocarbonyl (C=S) groups is 1. The van der Waals surface area contributed by atoms with Gasteiger partial charge in [-0.2, -0.15) is 13.2 Å². The average Bonchev–Trinajstić information content (AvgIpc) is 3.34. The first-order chi connectivity index (χ1) is 17.8. The van der Waals surface area contributed by atoms with E-state index in [4.69, 9.17) is 12.2 Å². The third-order valence-electron chi connectivity index (χ3n) is 8.34. The number of aliphatic hydroxyl groups excluding tert-OH is 1. The van der Waals surface area contributed by atoms with Crippen molar-refractivity contribution in [1.29, 1.82) is 0 Å².